The molecule has 0 atom stereocenters. The van der Waals surface area contributed by atoms with Crippen LogP contribution in [-0.4, -0.2) is 6.71 Å². The van der Waals surface area contributed by atoms with Gasteiger partial charge in [0.2, 0.25) is 0 Å². The maximum absolute atomic E-state index is 3.63. The second kappa shape index (κ2) is 10.4. The molecule has 0 N–H and O–H groups in total. The van der Waals surface area contributed by atoms with Crippen LogP contribution < -0.4 is 0 Å². The number of rotatable bonds is 8. The molecule has 0 bridgehead atoms. The number of allylic oxidation sites excluding steroid dienone is 5. The fourth-order valence-corrected chi connectivity index (χ4v) is 1.69. The van der Waals surface area contributed by atoms with Gasteiger partial charge in [-0.3, -0.25) is 0 Å². The Morgan fingerprint density at radius 3 is 2.14 bits per heavy atom. The van der Waals surface area contributed by atoms with Crippen LogP contribution in [0.4, 0.5) is 0 Å². The van der Waals surface area contributed by atoms with Crippen molar-refractivity contribution in [2.75, 3.05) is 0 Å². The molecule has 0 rings (SSSR count). The molecule has 0 aliphatic heterocycles. The van der Waals surface area contributed by atoms with E-state index in [2.05, 4.69) is 32.6 Å². The van der Waals surface area contributed by atoms with Gasteiger partial charge < -0.3 is 0 Å². The summed E-state index contributed by atoms with van der Waals surface area (Å²) in [6.07, 6.45) is 16.8. The highest BCUT2D eigenvalue weighted by molar-refractivity contribution is 6.59. The van der Waals surface area contributed by atoms with Gasteiger partial charge in [0.1, 0.15) is 6.71 Å². The number of hydrogen-bond donors (Lipinski definition) is 0. The Balaban J connectivity index is 3.73. The highest BCUT2D eigenvalue weighted by Gasteiger charge is 2.08. The molecule has 0 aromatic rings. The minimum Gasteiger partial charge on any atom is -0.0991 e. The lowest BCUT2D eigenvalue weighted by atomic mass is 9.42. The summed E-state index contributed by atoms with van der Waals surface area (Å²) in [4.78, 5) is 0. The summed E-state index contributed by atoms with van der Waals surface area (Å²) in [5.41, 5.74) is 0. The minimum absolute atomic E-state index is 0.887. The van der Waals surface area contributed by atoms with Crippen LogP contribution in [0.5, 0.6) is 0 Å². The SMILES string of the molecule is C=C/C=C\C=C\CB(CCC)CCC. The maximum Gasteiger partial charge on any atom is 0.143 e. The third kappa shape index (κ3) is 7.91. The average Bonchev–Trinajstić information content (AvgIpc) is 2.18. The predicted octanol–water partition coefficient (Wildman–Crippen LogP) is 4.60. The molecule has 0 unspecified atom stereocenters. The quantitative estimate of drug-likeness (QED) is 0.387. The molecule has 0 aliphatic carbocycles. The zero-order chi connectivity index (χ0) is 10.6. The summed E-state index contributed by atoms with van der Waals surface area (Å²) in [5.74, 6) is 0. The molecule has 0 saturated carbocycles. The highest BCUT2D eigenvalue weighted by Crippen LogP contribution is 2.11. The van der Waals surface area contributed by atoms with E-state index in [0.717, 1.165) is 6.71 Å². The van der Waals surface area contributed by atoms with Crippen LogP contribution in [0.25, 0.3) is 0 Å². The normalized spacial score (nSPS) is 11.3. The van der Waals surface area contributed by atoms with Crippen molar-refractivity contribution >= 4 is 6.71 Å². The van der Waals surface area contributed by atoms with Gasteiger partial charge in [-0.1, -0.05) is 82.6 Å². The first kappa shape index (κ1) is 13.3. The molecule has 0 fully saturated rings. The van der Waals surface area contributed by atoms with Crippen molar-refractivity contribution < 1.29 is 0 Å². The molecule has 0 aliphatic rings. The standard InChI is InChI=1S/C13H23B/c1-4-7-8-9-10-13-14(11-5-2)12-6-3/h4,7-10H,1,5-6,11-13H2,2-3H3/b8-7-,10-9+. The zero-order valence-electron chi connectivity index (χ0n) is 9.71. The second-order valence-corrected chi connectivity index (χ2v) is 3.73. The smallest absolute Gasteiger partial charge is 0.0991 e. The van der Waals surface area contributed by atoms with E-state index in [9.17, 15) is 0 Å². The van der Waals surface area contributed by atoms with Crippen molar-refractivity contribution in [3.63, 3.8) is 0 Å². The lowest BCUT2D eigenvalue weighted by Crippen LogP contribution is -2.09. The van der Waals surface area contributed by atoms with Gasteiger partial charge >= 0.3 is 0 Å². The lowest BCUT2D eigenvalue weighted by Gasteiger charge is -2.07. The van der Waals surface area contributed by atoms with Gasteiger partial charge in [-0.05, 0) is 0 Å². The summed E-state index contributed by atoms with van der Waals surface area (Å²) in [7, 11) is 0. The van der Waals surface area contributed by atoms with E-state index in [4.69, 9.17) is 0 Å². The van der Waals surface area contributed by atoms with E-state index in [1.807, 2.05) is 12.2 Å². The second-order valence-electron chi connectivity index (χ2n) is 3.73. The summed E-state index contributed by atoms with van der Waals surface area (Å²) in [6, 6.07) is 0. The van der Waals surface area contributed by atoms with Crippen LogP contribution in [-0.2, 0) is 0 Å². The first-order valence-corrected chi connectivity index (χ1v) is 5.79. The van der Waals surface area contributed by atoms with Gasteiger partial charge in [0.05, 0.1) is 0 Å². The van der Waals surface area contributed by atoms with E-state index < -0.39 is 0 Å². The molecule has 0 aromatic carbocycles. The Morgan fingerprint density at radius 1 is 1.00 bits per heavy atom. The van der Waals surface area contributed by atoms with Gasteiger partial charge in [-0.2, -0.15) is 0 Å². The third-order valence-electron chi connectivity index (χ3n) is 2.36. The van der Waals surface area contributed by atoms with Crippen LogP contribution in [0.2, 0.25) is 19.0 Å². The third-order valence-corrected chi connectivity index (χ3v) is 2.36. The Bertz CT molecular complexity index is 174. The molecule has 0 radical (unpaired) electrons. The summed E-state index contributed by atoms with van der Waals surface area (Å²) in [5, 5.41) is 0. The van der Waals surface area contributed by atoms with E-state index in [0.29, 0.717) is 0 Å². The fourth-order valence-electron chi connectivity index (χ4n) is 1.69. The topological polar surface area (TPSA) is 0 Å². The number of hydrogen-bond acceptors (Lipinski definition) is 0. The average molecular weight is 190 g/mol. The molecule has 0 nitrogen and oxygen atoms in total. The van der Waals surface area contributed by atoms with Crippen molar-refractivity contribution in [3.05, 3.63) is 37.0 Å². The first-order valence-electron chi connectivity index (χ1n) is 5.79. The van der Waals surface area contributed by atoms with E-state index >= 15 is 0 Å². The van der Waals surface area contributed by atoms with Crippen molar-refractivity contribution in [1.29, 1.82) is 0 Å². The largest absolute Gasteiger partial charge is 0.143 e. The first-order chi connectivity index (χ1) is 6.85. The van der Waals surface area contributed by atoms with Crippen molar-refractivity contribution in [2.45, 2.75) is 45.6 Å². The minimum atomic E-state index is 0.887. The van der Waals surface area contributed by atoms with Crippen LogP contribution >= 0.6 is 0 Å². The van der Waals surface area contributed by atoms with Crippen molar-refractivity contribution in [2.24, 2.45) is 0 Å². The van der Waals surface area contributed by atoms with Crippen LogP contribution in [0, 0.1) is 0 Å². The molecule has 0 aromatic heterocycles. The molecular formula is C13H23B. The zero-order valence-corrected chi connectivity index (χ0v) is 9.71. The van der Waals surface area contributed by atoms with Crippen LogP contribution in [0.1, 0.15) is 26.7 Å². The molecule has 0 saturated heterocycles. The fraction of sp³-hybridized carbons (Fsp3) is 0.538. The highest BCUT2D eigenvalue weighted by atomic mass is 13.8. The van der Waals surface area contributed by atoms with Gasteiger partial charge in [-0.25, -0.2) is 0 Å². The summed E-state index contributed by atoms with van der Waals surface area (Å²) < 4.78 is 0. The summed E-state index contributed by atoms with van der Waals surface area (Å²) >= 11 is 0. The van der Waals surface area contributed by atoms with Crippen LogP contribution in [0.3, 0.4) is 0 Å². The van der Waals surface area contributed by atoms with E-state index in [1.54, 1.807) is 6.08 Å². The van der Waals surface area contributed by atoms with E-state index in [1.165, 1.54) is 31.8 Å². The molecule has 1 heteroatoms. The van der Waals surface area contributed by atoms with Gasteiger partial charge in [0.15, 0.2) is 0 Å². The molecule has 78 valence electrons. The maximum atomic E-state index is 3.63. The molecule has 0 heterocycles. The Morgan fingerprint density at radius 2 is 1.64 bits per heavy atom. The van der Waals surface area contributed by atoms with Crippen molar-refractivity contribution in [1.82, 2.24) is 0 Å². The Hall–Kier alpha value is -0.715. The summed E-state index contributed by atoms with van der Waals surface area (Å²) in [6.45, 7) is 9.05. The molecular weight excluding hydrogens is 167 g/mol. The Kier molecular flexibility index (Phi) is 9.84. The molecule has 0 spiro atoms. The van der Waals surface area contributed by atoms with Gasteiger partial charge in [-0.15, -0.1) is 0 Å². The van der Waals surface area contributed by atoms with Gasteiger partial charge in [0.25, 0.3) is 0 Å². The molecule has 14 heavy (non-hydrogen) atoms. The van der Waals surface area contributed by atoms with Gasteiger partial charge in [0, 0.05) is 0 Å². The van der Waals surface area contributed by atoms with Crippen LogP contribution in [0.15, 0.2) is 37.0 Å². The molecule has 0 amide bonds. The van der Waals surface area contributed by atoms with Crippen molar-refractivity contribution in [3.8, 4) is 0 Å². The van der Waals surface area contributed by atoms with E-state index in [-0.39, 0.29) is 0 Å². The lowest BCUT2D eigenvalue weighted by molar-refractivity contribution is 0.999. The monoisotopic (exact) mass is 190 g/mol. The Labute approximate surface area is 89.9 Å². The predicted molar refractivity (Wildman–Crippen MR) is 69.2 cm³/mol.